The summed E-state index contributed by atoms with van der Waals surface area (Å²) >= 11 is 0. The maximum Gasteiger partial charge on any atom is 0.204 e. The van der Waals surface area contributed by atoms with Crippen LogP contribution in [-0.4, -0.2) is 22.9 Å². The van der Waals surface area contributed by atoms with E-state index in [0.717, 1.165) is 0 Å². The topological polar surface area (TPSA) is 89.1 Å². The van der Waals surface area contributed by atoms with Crippen LogP contribution < -0.4 is 14.9 Å². The van der Waals surface area contributed by atoms with E-state index in [4.69, 9.17) is 13.9 Å². The second kappa shape index (κ2) is 5.81. The van der Waals surface area contributed by atoms with Crippen molar-refractivity contribution in [2.75, 3.05) is 7.11 Å². The molecule has 0 atom stereocenters. The first kappa shape index (κ1) is 17.0. The molecule has 6 heteroatoms. The maximum atomic E-state index is 13.1. The van der Waals surface area contributed by atoms with Gasteiger partial charge in [-0.2, -0.15) is 0 Å². The Hall–Kier alpha value is -3.41. The van der Waals surface area contributed by atoms with Crippen LogP contribution in [0, 0.1) is 0 Å². The summed E-state index contributed by atoms with van der Waals surface area (Å²) in [4.78, 5) is 13.1. The quantitative estimate of drug-likeness (QED) is 0.711. The number of methoxy groups -OCH3 is 1. The molecule has 1 aromatic heterocycles. The Labute approximate surface area is 154 Å². The van der Waals surface area contributed by atoms with E-state index >= 15 is 0 Å². The summed E-state index contributed by atoms with van der Waals surface area (Å²) in [6.07, 6.45) is 4.87. The predicted octanol–water partition coefficient (Wildman–Crippen LogP) is 4.06. The minimum Gasteiger partial charge on any atom is -0.508 e. The molecule has 27 heavy (non-hydrogen) atoms. The molecule has 1 aliphatic heterocycles. The molecule has 0 spiro atoms. The van der Waals surface area contributed by atoms with Crippen molar-refractivity contribution in [3.05, 3.63) is 52.4 Å². The third-order valence-electron chi connectivity index (χ3n) is 4.54. The maximum absolute atomic E-state index is 13.1. The fourth-order valence-electron chi connectivity index (χ4n) is 3.20. The van der Waals surface area contributed by atoms with Gasteiger partial charge in [0.05, 0.1) is 18.2 Å². The molecular weight excluding hydrogens is 348 g/mol. The average molecular weight is 366 g/mol. The molecule has 0 aliphatic carbocycles. The number of phenols is 2. The average Bonchev–Trinajstić information content (AvgIpc) is 2.61. The highest BCUT2D eigenvalue weighted by Gasteiger charge is 2.27. The zero-order chi connectivity index (χ0) is 19.3. The Morgan fingerprint density at radius 2 is 1.89 bits per heavy atom. The van der Waals surface area contributed by atoms with E-state index in [0.29, 0.717) is 22.6 Å². The van der Waals surface area contributed by atoms with Gasteiger partial charge in [-0.3, -0.25) is 4.79 Å². The van der Waals surface area contributed by atoms with Gasteiger partial charge in [0.25, 0.3) is 0 Å². The molecule has 4 rings (SSSR count). The molecule has 138 valence electrons. The van der Waals surface area contributed by atoms with Gasteiger partial charge in [0.2, 0.25) is 5.43 Å². The number of hydrogen-bond acceptors (Lipinski definition) is 6. The van der Waals surface area contributed by atoms with E-state index in [2.05, 4.69) is 0 Å². The van der Waals surface area contributed by atoms with Gasteiger partial charge < -0.3 is 24.1 Å². The SMILES string of the molecule is COc1cc(O)ccc1-c1coc2cc3c(c(O)c2c1=O)C=CC(C)(C)O3. The van der Waals surface area contributed by atoms with Crippen LogP contribution in [0.3, 0.4) is 0 Å². The first-order valence-electron chi connectivity index (χ1n) is 8.38. The predicted molar refractivity (Wildman–Crippen MR) is 102 cm³/mol. The molecule has 0 saturated carbocycles. The lowest BCUT2D eigenvalue weighted by atomic mass is 9.98. The van der Waals surface area contributed by atoms with Crippen molar-refractivity contribution in [1.82, 2.24) is 0 Å². The van der Waals surface area contributed by atoms with Crippen molar-refractivity contribution < 1.29 is 24.1 Å². The zero-order valence-corrected chi connectivity index (χ0v) is 15.1. The van der Waals surface area contributed by atoms with E-state index in [1.807, 2.05) is 19.9 Å². The van der Waals surface area contributed by atoms with E-state index in [-0.39, 0.29) is 28.0 Å². The summed E-state index contributed by atoms with van der Waals surface area (Å²) in [5.41, 5.74) is 0.408. The van der Waals surface area contributed by atoms with Gasteiger partial charge in [-0.15, -0.1) is 0 Å². The van der Waals surface area contributed by atoms with E-state index in [9.17, 15) is 15.0 Å². The second-order valence-electron chi connectivity index (χ2n) is 6.91. The fraction of sp³-hybridized carbons (Fsp3) is 0.190. The Kier molecular flexibility index (Phi) is 3.66. The Bertz CT molecular complexity index is 1150. The normalized spacial score (nSPS) is 14.6. The number of ether oxygens (including phenoxy) is 2. The minimum absolute atomic E-state index is 0.0163. The van der Waals surface area contributed by atoms with Crippen LogP contribution in [0.5, 0.6) is 23.0 Å². The monoisotopic (exact) mass is 366 g/mol. The van der Waals surface area contributed by atoms with Crippen LogP contribution >= 0.6 is 0 Å². The summed E-state index contributed by atoms with van der Waals surface area (Å²) in [6, 6.07) is 6.03. The molecular formula is C21H18O6. The van der Waals surface area contributed by atoms with Crippen molar-refractivity contribution in [3.8, 4) is 34.1 Å². The lowest BCUT2D eigenvalue weighted by Gasteiger charge is -2.28. The molecule has 2 aromatic carbocycles. The van der Waals surface area contributed by atoms with Crippen molar-refractivity contribution >= 4 is 17.0 Å². The Balaban J connectivity index is 1.99. The number of fused-ring (bicyclic) bond motifs is 2. The van der Waals surface area contributed by atoms with Crippen molar-refractivity contribution in [1.29, 1.82) is 0 Å². The van der Waals surface area contributed by atoms with E-state index in [1.165, 1.54) is 25.5 Å². The van der Waals surface area contributed by atoms with Crippen molar-refractivity contribution in [2.24, 2.45) is 0 Å². The first-order valence-corrected chi connectivity index (χ1v) is 8.38. The summed E-state index contributed by atoms with van der Waals surface area (Å²) < 4.78 is 16.8. The highest BCUT2D eigenvalue weighted by Crippen LogP contribution is 2.41. The van der Waals surface area contributed by atoms with Crippen LogP contribution in [0.25, 0.3) is 28.2 Å². The molecule has 6 nitrogen and oxygen atoms in total. The molecule has 2 heterocycles. The first-order chi connectivity index (χ1) is 12.8. The van der Waals surface area contributed by atoms with Crippen LogP contribution in [0.1, 0.15) is 19.4 Å². The third-order valence-corrected chi connectivity index (χ3v) is 4.54. The van der Waals surface area contributed by atoms with Gasteiger partial charge in [0.1, 0.15) is 45.8 Å². The third kappa shape index (κ3) is 2.70. The van der Waals surface area contributed by atoms with Crippen LogP contribution in [0.2, 0.25) is 0 Å². The smallest absolute Gasteiger partial charge is 0.204 e. The zero-order valence-electron chi connectivity index (χ0n) is 15.1. The molecule has 2 N–H and O–H groups in total. The van der Waals surface area contributed by atoms with Gasteiger partial charge in [-0.05, 0) is 38.1 Å². The van der Waals surface area contributed by atoms with E-state index in [1.54, 1.807) is 18.2 Å². The minimum atomic E-state index is -0.521. The number of rotatable bonds is 2. The fourth-order valence-corrected chi connectivity index (χ4v) is 3.20. The summed E-state index contributed by atoms with van der Waals surface area (Å²) in [7, 11) is 1.44. The van der Waals surface area contributed by atoms with Gasteiger partial charge >= 0.3 is 0 Å². The number of aromatic hydroxyl groups is 2. The van der Waals surface area contributed by atoms with E-state index < -0.39 is 11.0 Å². The van der Waals surface area contributed by atoms with Gasteiger partial charge in [-0.1, -0.05) is 0 Å². The van der Waals surface area contributed by atoms with Crippen LogP contribution in [0.15, 0.2) is 45.8 Å². The number of hydrogen-bond donors (Lipinski definition) is 2. The molecule has 0 unspecified atom stereocenters. The summed E-state index contributed by atoms with van der Waals surface area (Å²) in [6.45, 7) is 3.79. The van der Waals surface area contributed by atoms with Gasteiger partial charge in [0, 0.05) is 17.7 Å². The Morgan fingerprint density at radius 3 is 2.63 bits per heavy atom. The molecule has 0 bridgehead atoms. The number of phenolic OH excluding ortho intramolecular Hbond substituents is 2. The lowest BCUT2D eigenvalue weighted by molar-refractivity contribution is 0.158. The molecule has 0 amide bonds. The molecule has 0 saturated heterocycles. The van der Waals surface area contributed by atoms with Crippen molar-refractivity contribution in [2.45, 2.75) is 19.4 Å². The van der Waals surface area contributed by atoms with Crippen LogP contribution in [-0.2, 0) is 0 Å². The lowest BCUT2D eigenvalue weighted by Crippen LogP contribution is -2.27. The second-order valence-corrected chi connectivity index (χ2v) is 6.91. The summed E-state index contributed by atoms with van der Waals surface area (Å²) in [5.74, 6) is 0.597. The molecule has 3 aromatic rings. The molecule has 1 aliphatic rings. The highest BCUT2D eigenvalue weighted by atomic mass is 16.5. The largest absolute Gasteiger partial charge is 0.508 e. The Morgan fingerprint density at radius 1 is 1.11 bits per heavy atom. The van der Waals surface area contributed by atoms with Gasteiger partial charge in [0.15, 0.2) is 0 Å². The summed E-state index contributed by atoms with van der Waals surface area (Å²) in [5, 5.41) is 20.4. The van der Waals surface area contributed by atoms with Gasteiger partial charge in [-0.25, -0.2) is 0 Å². The molecule has 0 radical (unpaired) electrons. The standard InChI is InChI=1S/C21H18O6/c1-21(2)7-6-13-16(27-21)9-17-18(19(13)23)20(24)14(10-26-17)12-5-4-11(22)8-15(12)25-3/h4-10,22-23H,1-3H3. The molecule has 0 fully saturated rings. The van der Waals surface area contributed by atoms with Crippen LogP contribution in [0.4, 0.5) is 0 Å². The van der Waals surface area contributed by atoms with Crippen molar-refractivity contribution in [3.63, 3.8) is 0 Å². The number of benzene rings is 2. The highest BCUT2D eigenvalue weighted by molar-refractivity contribution is 5.93.